The average molecular weight is 310 g/mol. The van der Waals surface area contributed by atoms with E-state index in [1.807, 2.05) is 0 Å². The van der Waals surface area contributed by atoms with Crippen LogP contribution in [0.15, 0.2) is 53.6 Å². The minimum atomic E-state index is -0.680. The highest BCUT2D eigenvalue weighted by Crippen LogP contribution is 2.24. The summed E-state index contributed by atoms with van der Waals surface area (Å²) in [5.41, 5.74) is 1.20. The minimum Gasteiger partial charge on any atom is -0.497 e. The fourth-order valence-corrected chi connectivity index (χ4v) is 2.22. The third kappa shape index (κ3) is 2.66. The molecule has 1 heterocycles. The summed E-state index contributed by atoms with van der Waals surface area (Å²) in [5, 5.41) is 5.27. The summed E-state index contributed by atoms with van der Waals surface area (Å²) in [7, 11) is 3.11. The Bertz CT molecular complexity index is 779. The number of rotatable bonds is 4. The van der Waals surface area contributed by atoms with Crippen LogP contribution in [0.25, 0.3) is 0 Å². The molecule has 0 saturated heterocycles. The average Bonchev–Trinajstić information content (AvgIpc) is 2.91. The van der Waals surface area contributed by atoms with E-state index in [1.54, 1.807) is 62.8 Å². The van der Waals surface area contributed by atoms with E-state index in [0.29, 0.717) is 22.7 Å². The van der Waals surface area contributed by atoms with Crippen LogP contribution < -0.4 is 14.5 Å². The molecule has 6 nitrogen and oxygen atoms in total. The van der Waals surface area contributed by atoms with Crippen LogP contribution >= 0.6 is 0 Å². The standard InChI is InChI=1S/C17H14N2O4/c1-22-13-7-3-11(4-8-13)15-16(20)17(21)19(18-15)12-5-9-14(23-2)10-6-12/h3-10H,1-2H3. The van der Waals surface area contributed by atoms with Gasteiger partial charge in [-0.25, -0.2) is 0 Å². The summed E-state index contributed by atoms with van der Waals surface area (Å²) in [4.78, 5) is 24.4. The molecule has 0 aliphatic carbocycles. The second-order valence-electron chi connectivity index (χ2n) is 4.82. The molecule has 0 radical (unpaired) electrons. The van der Waals surface area contributed by atoms with Gasteiger partial charge in [-0.2, -0.15) is 10.1 Å². The van der Waals surface area contributed by atoms with E-state index in [1.165, 1.54) is 0 Å². The molecule has 2 aromatic carbocycles. The number of ketones is 1. The smallest absolute Gasteiger partial charge is 0.321 e. The van der Waals surface area contributed by atoms with Crippen molar-refractivity contribution in [1.29, 1.82) is 0 Å². The molecule has 0 aromatic heterocycles. The molecule has 0 spiro atoms. The Labute approximate surface area is 132 Å². The number of nitrogens with zero attached hydrogens (tertiary/aromatic N) is 2. The summed E-state index contributed by atoms with van der Waals surface area (Å²) in [6, 6.07) is 13.6. The summed E-state index contributed by atoms with van der Waals surface area (Å²) < 4.78 is 10.2. The van der Waals surface area contributed by atoms with Crippen molar-refractivity contribution in [1.82, 2.24) is 0 Å². The van der Waals surface area contributed by atoms with Gasteiger partial charge in [-0.05, 0) is 48.5 Å². The van der Waals surface area contributed by atoms with E-state index >= 15 is 0 Å². The van der Waals surface area contributed by atoms with E-state index in [2.05, 4.69) is 5.10 Å². The Hall–Kier alpha value is -3.15. The number of methoxy groups -OCH3 is 2. The highest BCUT2D eigenvalue weighted by atomic mass is 16.5. The monoisotopic (exact) mass is 310 g/mol. The molecule has 0 fully saturated rings. The third-order valence-corrected chi connectivity index (χ3v) is 3.48. The van der Waals surface area contributed by atoms with Crippen LogP contribution in [0, 0.1) is 0 Å². The molecule has 23 heavy (non-hydrogen) atoms. The molecular weight excluding hydrogens is 296 g/mol. The van der Waals surface area contributed by atoms with Crippen LogP contribution in [0.4, 0.5) is 5.69 Å². The number of carbonyl (C=O) groups excluding carboxylic acids is 2. The largest absolute Gasteiger partial charge is 0.497 e. The van der Waals surface area contributed by atoms with Crippen molar-refractivity contribution in [3.05, 3.63) is 54.1 Å². The van der Waals surface area contributed by atoms with Crippen LogP contribution in [-0.4, -0.2) is 31.6 Å². The number of anilines is 1. The van der Waals surface area contributed by atoms with Crippen LogP contribution in [0.5, 0.6) is 11.5 Å². The fraction of sp³-hybridized carbons (Fsp3) is 0.118. The minimum absolute atomic E-state index is 0.119. The Kier molecular flexibility index (Phi) is 3.80. The summed E-state index contributed by atoms with van der Waals surface area (Å²) in [6.07, 6.45) is 0. The topological polar surface area (TPSA) is 68.2 Å². The van der Waals surface area contributed by atoms with E-state index in [4.69, 9.17) is 9.47 Å². The third-order valence-electron chi connectivity index (χ3n) is 3.48. The fourth-order valence-electron chi connectivity index (χ4n) is 2.22. The van der Waals surface area contributed by atoms with Gasteiger partial charge in [0.15, 0.2) is 0 Å². The predicted octanol–water partition coefficient (Wildman–Crippen LogP) is 2.02. The molecule has 116 valence electrons. The highest BCUT2D eigenvalue weighted by Gasteiger charge is 2.35. The molecule has 2 aromatic rings. The quantitative estimate of drug-likeness (QED) is 0.810. The molecule has 1 amide bonds. The predicted molar refractivity (Wildman–Crippen MR) is 85.0 cm³/mol. The SMILES string of the molecule is COc1ccc(C2=NN(c3ccc(OC)cc3)C(=O)C2=O)cc1. The van der Waals surface area contributed by atoms with Crippen molar-refractivity contribution >= 4 is 23.1 Å². The van der Waals surface area contributed by atoms with Gasteiger partial charge >= 0.3 is 5.91 Å². The van der Waals surface area contributed by atoms with Crippen molar-refractivity contribution in [3.8, 4) is 11.5 Å². The zero-order valence-electron chi connectivity index (χ0n) is 12.6. The maximum absolute atomic E-state index is 12.2. The first-order chi connectivity index (χ1) is 11.1. The van der Waals surface area contributed by atoms with Gasteiger partial charge in [0.1, 0.15) is 17.2 Å². The van der Waals surface area contributed by atoms with Gasteiger partial charge in [-0.3, -0.25) is 9.59 Å². The van der Waals surface area contributed by atoms with E-state index in [0.717, 1.165) is 5.01 Å². The van der Waals surface area contributed by atoms with Crippen LogP contribution in [0.3, 0.4) is 0 Å². The lowest BCUT2D eigenvalue weighted by atomic mass is 10.1. The Morgan fingerprint density at radius 2 is 1.35 bits per heavy atom. The second kappa shape index (κ2) is 5.92. The number of Topliss-reactive ketones (excluding diaryl/α,β-unsaturated/α-hetero) is 1. The first kappa shape index (κ1) is 14.8. The Morgan fingerprint density at radius 1 is 0.826 bits per heavy atom. The normalized spacial score (nSPS) is 14.0. The maximum atomic E-state index is 12.2. The maximum Gasteiger partial charge on any atom is 0.321 e. The number of carbonyl (C=O) groups is 2. The molecule has 0 unspecified atom stereocenters. The van der Waals surface area contributed by atoms with Gasteiger partial charge in [-0.15, -0.1) is 0 Å². The van der Waals surface area contributed by atoms with Crippen LogP contribution in [0.2, 0.25) is 0 Å². The number of hydrazone groups is 1. The lowest BCUT2D eigenvalue weighted by molar-refractivity contribution is -0.131. The van der Waals surface area contributed by atoms with Crippen LogP contribution in [0.1, 0.15) is 5.56 Å². The lowest BCUT2D eigenvalue weighted by Gasteiger charge is -2.10. The summed E-state index contributed by atoms with van der Waals surface area (Å²) in [6.45, 7) is 0. The number of benzene rings is 2. The van der Waals surface area contributed by atoms with Gasteiger partial charge in [-0.1, -0.05) is 0 Å². The molecule has 0 saturated carbocycles. The molecular formula is C17H14N2O4. The number of ether oxygens (including phenoxy) is 2. The number of hydrogen-bond acceptors (Lipinski definition) is 5. The lowest BCUT2D eigenvalue weighted by Crippen LogP contribution is -2.27. The first-order valence-electron chi connectivity index (χ1n) is 6.90. The highest BCUT2D eigenvalue weighted by molar-refractivity contribution is 6.72. The zero-order valence-corrected chi connectivity index (χ0v) is 12.6. The van der Waals surface area contributed by atoms with Crippen LogP contribution in [-0.2, 0) is 9.59 Å². The van der Waals surface area contributed by atoms with E-state index in [-0.39, 0.29) is 5.71 Å². The zero-order chi connectivity index (χ0) is 16.4. The number of amides is 1. The first-order valence-corrected chi connectivity index (χ1v) is 6.90. The molecule has 0 atom stereocenters. The molecule has 1 aliphatic rings. The van der Waals surface area contributed by atoms with Crippen molar-refractivity contribution < 1.29 is 19.1 Å². The van der Waals surface area contributed by atoms with Crippen molar-refractivity contribution in [2.75, 3.05) is 19.2 Å². The van der Waals surface area contributed by atoms with Gasteiger partial charge in [0.05, 0.1) is 19.9 Å². The Balaban J connectivity index is 1.94. The van der Waals surface area contributed by atoms with E-state index < -0.39 is 11.7 Å². The van der Waals surface area contributed by atoms with Gasteiger partial charge in [0.2, 0.25) is 0 Å². The van der Waals surface area contributed by atoms with Crippen molar-refractivity contribution in [3.63, 3.8) is 0 Å². The molecule has 0 N–H and O–H groups in total. The summed E-state index contributed by atoms with van der Waals surface area (Å²) >= 11 is 0. The van der Waals surface area contributed by atoms with Gasteiger partial charge in [0, 0.05) is 5.56 Å². The Morgan fingerprint density at radius 3 is 1.87 bits per heavy atom. The van der Waals surface area contributed by atoms with Gasteiger partial charge in [0.25, 0.3) is 5.78 Å². The number of hydrogen-bond donors (Lipinski definition) is 0. The summed E-state index contributed by atoms with van der Waals surface area (Å²) in [5.74, 6) is 0.0104. The van der Waals surface area contributed by atoms with Crippen molar-refractivity contribution in [2.45, 2.75) is 0 Å². The molecule has 1 aliphatic heterocycles. The van der Waals surface area contributed by atoms with Crippen molar-refractivity contribution in [2.24, 2.45) is 5.10 Å². The van der Waals surface area contributed by atoms with Gasteiger partial charge < -0.3 is 9.47 Å². The molecule has 0 bridgehead atoms. The molecule has 6 heteroatoms. The van der Waals surface area contributed by atoms with E-state index in [9.17, 15) is 9.59 Å². The molecule has 3 rings (SSSR count). The second-order valence-corrected chi connectivity index (χ2v) is 4.82.